The number of aryl methyl sites for hydroxylation is 2. The van der Waals surface area contributed by atoms with Crippen LogP contribution in [0.2, 0.25) is 0 Å². The number of amidine groups is 1. The van der Waals surface area contributed by atoms with Crippen molar-refractivity contribution in [3.8, 4) is 5.88 Å². The van der Waals surface area contributed by atoms with Crippen molar-refractivity contribution in [2.24, 2.45) is 16.8 Å². The number of nitrogens with zero attached hydrogens (tertiary/aromatic N) is 2. The van der Waals surface area contributed by atoms with Gasteiger partial charge in [-0.05, 0) is 37.8 Å². The van der Waals surface area contributed by atoms with Crippen LogP contribution in [0, 0.1) is 19.8 Å². The highest BCUT2D eigenvalue weighted by Gasteiger charge is 2.21. The largest absolute Gasteiger partial charge is 0.477 e. The molecule has 0 spiro atoms. The van der Waals surface area contributed by atoms with E-state index >= 15 is 0 Å². The lowest BCUT2D eigenvalue weighted by Crippen LogP contribution is -2.18. The van der Waals surface area contributed by atoms with Gasteiger partial charge in [-0.25, -0.2) is 4.98 Å². The van der Waals surface area contributed by atoms with Crippen molar-refractivity contribution >= 4 is 5.84 Å². The number of hydrogen-bond donors (Lipinski definition) is 2. The molecule has 0 saturated heterocycles. The average Bonchev–Trinajstić information content (AvgIpc) is 3.11. The lowest BCUT2D eigenvalue weighted by molar-refractivity contribution is 0.289. The third kappa shape index (κ3) is 2.91. The van der Waals surface area contributed by atoms with Gasteiger partial charge in [0.1, 0.15) is 0 Å². The second-order valence-corrected chi connectivity index (χ2v) is 4.83. The van der Waals surface area contributed by atoms with Crippen molar-refractivity contribution in [2.45, 2.75) is 33.1 Å². The van der Waals surface area contributed by atoms with Crippen molar-refractivity contribution in [3.63, 3.8) is 0 Å². The summed E-state index contributed by atoms with van der Waals surface area (Å²) in [4.78, 5) is 4.33. The van der Waals surface area contributed by atoms with Gasteiger partial charge < -0.3 is 15.7 Å². The van der Waals surface area contributed by atoms with Crippen LogP contribution in [0.3, 0.4) is 0 Å². The molecule has 0 unspecified atom stereocenters. The van der Waals surface area contributed by atoms with Crippen LogP contribution < -0.4 is 10.5 Å². The molecule has 5 nitrogen and oxygen atoms in total. The highest BCUT2D eigenvalue weighted by atomic mass is 16.5. The molecule has 0 bridgehead atoms. The maximum Gasteiger partial charge on any atom is 0.225 e. The van der Waals surface area contributed by atoms with Gasteiger partial charge >= 0.3 is 0 Å². The monoisotopic (exact) mass is 249 g/mol. The number of pyridine rings is 1. The Bertz CT molecular complexity index is 468. The van der Waals surface area contributed by atoms with E-state index in [1.807, 2.05) is 19.9 Å². The molecule has 0 aliphatic heterocycles. The van der Waals surface area contributed by atoms with Crippen molar-refractivity contribution in [3.05, 3.63) is 22.9 Å². The molecule has 1 aromatic heterocycles. The third-order valence-electron chi connectivity index (χ3n) is 3.14. The molecule has 1 fully saturated rings. The minimum atomic E-state index is 0.0430. The van der Waals surface area contributed by atoms with Crippen LogP contribution in [0.5, 0.6) is 5.88 Å². The topological polar surface area (TPSA) is 80.7 Å². The fourth-order valence-electron chi connectivity index (χ4n) is 2.00. The number of hydrogen-bond acceptors (Lipinski definition) is 4. The van der Waals surface area contributed by atoms with Crippen molar-refractivity contribution in [1.82, 2.24) is 4.98 Å². The zero-order chi connectivity index (χ0) is 13.1. The van der Waals surface area contributed by atoms with Crippen LogP contribution in [0.4, 0.5) is 0 Å². The zero-order valence-corrected chi connectivity index (χ0v) is 10.8. The minimum absolute atomic E-state index is 0.0430. The number of ether oxygens (including phenoxy) is 1. The van der Waals surface area contributed by atoms with Crippen molar-refractivity contribution < 1.29 is 9.94 Å². The summed E-state index contributed by atoms with van der Waals surface area (Å²) in [6, 6.07) is 1.89. The number of rotatable bonds is 5. The van der Waals surface area contributed by atoms with Crippen molar-refractivity contribution in [1.29, 1.82) is 0 Å². The summed E-state index contributed by atoms with van der Waals surface area (Å²) in [6.45, 7) is 4.43. The van der Waals surface area contributed by atoms with Gasteiger partial charge in [-0.3, -0.25) is 0 Å². The first-order valence-electron chi connectivity index (χ1n) is 6.20. The summed E-state index contributed by atoms with van der Waals surface area (Å²) in [5.74, 6) is 1.31. The molecule has 18 heavy (non-hydrogen) atoms. The minimum Gasteiger partial charge on any atom is -0.477 e. The van der Waals surface area contributed by atoms with E-state index < -0.39 is 0 Å². The first-order chi connectivity index (χ1) is 8.61. The van der Waals surface area contributed by atoms with Crippen LogP contribution in [-0.4, -0.2) is 22.6 Å². The summed E-state index contributed by atoms with van der Waals surface area (Å²) in [5.41, 5.74) is 8.02. The standard InChI is InChI=1S/C13H19N3O2/c1-8-7-9(2)15-13(11(8)12(14)16-17)18-6-5-10-3-4-10/h7,10,17H,3-6H2,1-2H3,(H2,14,16). The van der Waals surface area contributed by atoms with Crippen LogP contribution >= 0.6 is 0 Å². The Morgan fingerprint density at radius 3 is 2.89 bits per heavy atom. The molecule has 1 saturated carbocycles. The van der Waals surface area contributed by atoms with E-state index in [1.165, 1.54) is 12.8 Å². The second-order valence-electron chi connectivity index (χ2n) is 4.83. The fraction of sp³-hybridized carbons (Fsp3) is 0.538. The molecule has 0 aromatic carbocycles. The highest BCUT2D eigenvalue weighted by molar-refractivity contribution is 6.00. The second kappa shape index (κ2) is 5.25. The maximum atomic E-state index is 8.81. The van der Waals surface area contributed by atoms with Gasteiger partial charge in [0, 0.05) is 5.69 Å². The molecule has 0 radical (unpaired) electrons. The highest BCUT2D eigenvalue weighted by Crippen LogP contribution is 2.32. The molecular weight excluding hydrogens is 230 g/mol. The molecule has 1 aromatic rings. The van der Waals surface area contributed by atoms with E-state index in [0.29, 0.717) is 18.1 Å². The lowest BCUT2D eigenvalue weighted by atomic mass is 10.1. The molecule has 3 N–H and O–H groups in total. The van der Waals surface area contributed by atoms with Gasteiger partial charge in [-0.1, -0.05) is 18.0 Å². The van der Waals surface area contributed by atoms with Gasteiger partial charge in [0.15, 0.2) is 5.84 Å². The predicted molar refractivity (Wildman–Crippen MR) is 69.1 cm³/mol. The number of aromatic nitrogens is 1. The quantitative estimate of drug-likeness (QED) is 0.362. The maximum absolute atomic E-state index is 8.81. The Kier molecular flexibility index (Phi) is 3.69. The third-order valence-corrected chi connectivity index (χ3v) is 3.14. The van der Waals surface area contributed by atoms with E-state index in [2.05, 4.69) is 10.1 Å². The van der Waals surface area contributed by atoms with E-state index in [-0.39, 0.29) is 5.84 Å². The molecule has 1 aliphatic carbocycles. The van der Waals surface area contributed by atoms with Gasteiger partial charge in [-0.2, -0.15) is 0 Å². The first kappa shape index (κ1) is 12.7. The molecular formula is C13H19N3O2. The van der Waals surface area contributed by atoms with Gasteiger partial charge in [0.05, 0.1) is 12.2 Å². The van der Waals surface area contributed by atoms with Crippen LogP contribution in [0.1, 0.15) is 36.1 Å². The first-order valence-corrected chi connectivity index (χ1v) is 6.20. The Morgan fingerprint density at radius 1 is 1.56 bits per heavy atom. The Labute approximate surface area is 107 Å². The summed E-state index contributed by atoms with van der Waals surface area (Å²) >= 11 is 0. The van der Waals surface area contributed by atoms with Gasteiger partial charge in [0.2, 0.25) is 5.88 Å². The Morgan fingerprint density at radius 2 is 2.28 bits per heavy atom. The lowest BCUT2D eigenvalue weighted by Gasteiger charge is -2.12. The number of oxime groups is 1. The molecule has 0 atom stereocenters. The molecule has 1 aliphatic rings. The van der Waals surface area contributed by atoms with Gasteiger partial charge in [0.25, 0.3) is 0 Å². The van der Waals surface area contributed by atoms with E-state index in [1.54, 1.807) is 0 Å². The summed E-state index contributed by atoms with van der Waals surface area (Å²) in [7, 11) is 0. The van der Waals surface area contributed by atoms with Crippen molar-refractivity contribution in [2.75, 3.05) is 6.61 Å². The molecule has 98 valence electrons. The van der Waals surface area contributed by atoms with E-state index in [4.69, 9.17) is 15.7 Å². The smallest absolute Gasteiger partial charge is 0.225 e. The summed E-state index contributed by atoms with van der Waals surface area (Å²) in [5, 5.41) is 11.8. The fourth-order valence-corrected chi connectivity index (χ4v) is 2.00. The Balaban J connectivity index is 2.18. The molecule has 5 heteroatoms. The van der Waals surface area contributed by atoms with E-state index in [9.17, 15) is 0 Å². The van der Waals surface area contributed by atoms with Gasteiger partial charge in [-0.15, -0.1) is 0 Å². The molecule has 0 amide bonds. The summed E-state index contributed by atoms with van der Waals surface area (Å²) < 4.78 is 5.69. The van der Waals surface area contributed by atoms with Crippen LogP contribution in [0.15, 0.2) is 11.2 Å². The molecule has 2 rings (SSSR count). The molecule has 1 heterocycles. The van der Waals surface area contributed by atoms with Crippen LogP contribution in [-0.2, 0) is 0 Å². The van der Waals surface area contributed by atoms with Crippen LogP contribution in [0.25, 0.3) is 0 Å². The zero-order valence-electron chi connectivity index (χ0n) is 10.8. The summed E-state index contributed by atoms with van der Waals surface area (Å²) in [6.07, 6.45) is 3.65. The number of nitrogens with two attached hydrogens (primary N) is 1. The average molecular weight is 249 g/mol. The predicted octanol–water partition coefficient (Wildman–Crippen LogP) is 1.97. The SMILES string of the molecule is Cc1cc(C)c(/C(N)=N/O)c(OCCC2CC2)n1. The normalized spacial score (nSPS) is 15.8. The Hall–Kier alpha value is -1.78. The van der Waals surface area contributed by atoms with E-state index in [0.717, 1.165) is 23.6 Å².